The maximum atomic E-state index is 12.2. The Labute approximate surface area is 143 Å². The van der Waals surface area contributed by atoms with Gasteiger partial charge in [0, 0.05) is 4.88 Å². The summed E-state index contributed by atoms with van der Waals surface area (Å²) in [6.45, 7) is 5.72. The number of thiophene rings is 1. The van der Waals surface area contributed by atoms with E-state index in [-0.39, 0.29) is 12.2 Å². The third-order valence-electron chi connectivity index (χ3n) is 3.02. The first-order valence-corrected chi connectivity index (χ1v) is 8.76. The Balaban J connectivity index is 3.34. The lowest BCUT2D eigenvalue weighted by atomic mass is 10.1. The molecule has 0 spiro atoms. The lowest BCUT2D eigenvalue weighted by Crippen LogP contribution is -2.12. The van der Waals surface area contributed by atoms with Crippen molar-refractivity contribution in [2.75, 3.05) is 25.3 Å². The van der Waals surface area contributed by atoms with Crippen molar-refractivity contribution in [3.8, 4) is 6.07 Å². The van der Waals surface area contributed by atoms with Crippen LogP contribution in [0.4, 0.5) is 5.00 Å². The molecule has 0 bridgehead atoms. The number of hydrogen-bond donors (Lipinski definition) is 1. The second kappa shape index (κ2) is 8.60. The molecule has 0 aliphatic rings. The average Bonchev–Trinajstić information content (AvgIpc) is 2.81. The first-order valence-electron chi connectivity index (χ1n) is 6.71. The highest BCUT2D eigenvalue weighted by Crippen LogP contribution is 2.35. The Morgan fingerprint density at radius 2 is 2.04 bits per heavy atom. The molecule has 124 valence electrons. The topological polar surface area (TPSA) is 88.4 Å². The smallest absolute Gasteiger partial charge is 0.351 e. The van der Waals surface area contributed by atoms with Crippen LogP contribution in [0.2, 0.25) is 0 Å². The van der Waals surface area contributed by atoms with E-state index < -0.39 is 11.9 Å². The number of aryl methyl sites for hydroxylation is 1. The molecule has 23 heavy (non-hydrogen) atoms. The van der Waals surface area contributed by atoms with E-state index in [0.29, 0.717) is 15.6 Å². The molecular formula is C15H18N2O4S2. The van der Waals surface area contributed by atoms with Crippen LogP contribution in [0.25, 0.3) is 0 Å². The van der Waals surface area contributed by atoms with Crippen molar-refractivity contribution < 1.29 is 19.1 Å². The highest BCUT2D eigenvalue weighted by Gasteiger charge is 2.23. The van der Waals surface area contributed by atoms with E-state index in [0.717, 1.165) is 10.4 Å². The number of anilines is 1. The van der Waals surface area contributed by atoms with Crippen molar-refractivity contribution in [1.82, 2.24) is 0 Å². The quantitative estimate of drug-likeness (QED) is 0.476. The van der Waals surface area contributed by atoms with Crippen LogP contribution in [0.5, 0.6) is 0 Å². The van der Waals surface area contributed by atoms with E-state index in [9.17, 15) is 14.9 Å². The molecule has 0 aliphatic carbocycles. The molecule has 0 aliphatic heterocycles. The molecule has 0 radical (unpaired) electrons. The minimum absolute atomic E-state index is 0.140. The molecule has 1 N–H and O–H groups in total. The normalized spacial score (nSPS) is 11.3. The Hall–Kier alpha value is -1.98. The van der Waals surface area contributed by atoms with Crippen molar-refractivity contribution in [2.45, 2.75) is 20.8 Å². The zero-order valence-electron chi connectivity index (χ0n) is 13.6. The number of ether oxygens (including phenoxy) is 2. The molecule has 0 fully saturated rings. The minimum Gasteiger partial charge on any atom is -0.465 e. The number of carbonyl (C=O) groups excluding carboxylic acids is 2. The Morgan fingerprint density at radius 3 is 2.52 bits per heavy atom. The summed E-state index contributed by atoms with van der Waals surface area (Å²) in [4.78, 5) is 24.8. The van der Waals surface area contributed by atoms with Crippen LogP contribution in [0.1, 0.15) is 27.7 Å². The maximum Gasteiger partial charge on any atom is 0.351 e. The molecule has 0 aromatic carbocycles. The van der Waals surface area contributed by atoms with Gasteiger partial charge in [-0.25, -0.2) is 9.59 Å². The second-order valence-corrected chi connectivity index (χ2v) is 6.39. The number of esters is 2. The number of carbonyl (C=O) groups is 2. The van der Waals surface area contributed by atoms with Crippen LogP contribution in [-0.4, -0.2) is 31.9 Å². The predicted octanol–water partition coefficient (Wildman–Crippen LogP) is 3.22. The van der Waals surface area contributed by atoms with E-state index in [1.807, 2.05) is 19.9 Å². The van der Waals surface area contributed by atoms with Crippen molar-refractivity contribution in [2.24, 2.45) is 0 Å². The summed E-state index contributed by atoms with van der Waals surface area (Å²) in [7, 11) is 1.21. The highest BCUT2D eigenvalue weighted by atomic mass is 32.2. The van der Waals surface area contributed by atoms with Gasteiger partial charge in [-0.05, 0) is 32.6 Å². The van der Waals surface area contributed by atoms with Gasteiger partial charge in [0.25, 0.3) is 0 Å². The molecule has 0 unspecified atom stereocenters. The zero-order valence-corrected chi connectivity index (χ0v) is 15.2. The van der Waals surface area contributed by atoms with Crippen LogP contribution in [0.15, 0.2) is 10.6 Å². The number of methoxy groups -OCH3 is 1. The third-order valence-corrected chi connectivity index (χ3v) is 4.86. The summed E-state index contributed by atoms with van der Waals surface area (Å²) >= 11 is 2.55. The van der Waals surface area contributed by atoms with Crippen LogP contribution in [0.3, 0.4) is 0 Å². The average molecular weight is 354 g/mol. The van der Waals surface area contributed by atoms with Gasteiger partial charge in [0.05, 0.1) is 24.3 Å². The van der Waals surface area contributed by atoms with Gasteiger partial charge in [-0.1, -0.05) is 0 Å². The van der Waals surface area contributed by atoms with E-state index >= 15 is 0 Å². The van der Waals surface area contributed by atoms with Gasteiger partial charge >= 0.3 is 11.9 Å². The summed E-state index contributed by atoms with van der Waals surface area (Å²) in [5, 5.41) is 13.0. The third kappa shape index (κ3) is 4.27. The fourth-order valence-corrected chi connectivity index (χ4v) is 3.43. The molecule has 6 nitrogen and oxygen atoms in total. The largest absolute Gasteiger partial charge is 0.465 e. The van der Waals surface area contributed by atoms with Crippen LogP contribution < -0.4 is 5.32 Å². The molecule has 0 saturated heterocycles. The van der Waals surface area contributed by atoms with Crippen molar-refractivity contribution in [3.63, 3.8) is 0 Å². The van der Waals surface area contributed by atoms with Gasteiger partial charge in [-0.3, -0.25) is 0 Å². The number of nitrogens with zero attached hydrogens (tertiary/aromatic N) is 1. The van der Waals surface area contributed by atoms with Gasteiger partial charge in [0.2, 0.25) is 0 Å². The minimum atomic E-state index is -0.730. The van der Waals surface area contributed by atoms with E-state index in [2.05, 4.69) is 10.1 Å². The predicted molar refractivity (Wildman–Crippen MR) is 91.5 cm³/mol. The first kappa shape index (κ1) is 19.1. The molecule has 0 saturated carbocycles. The molecular weight excluding hydrogens is 336 g/mol. The van der Waals surface area contributed by atoms with Crippen LogP contribution >= 0.6 is 23.1 Å². The number of hydrogen-bond acceptors (Lipinski definition) is 8. The summed E-state index contributed by atoms with van der Waals surface area (Å²) in [6.07, 6.45) is 1.72. The van der Waals surface area contributed by atoms with Crippen molar-refractivity contribution in [3.05, 3.63) is 26.6 Å². The van der Waals surface area contributed by atoms with Crippen LogP contribution in [0, 0.1) is 25.2 Å². The second-order valence-electron chi connectivity index (χ2n) is 4.34. The molecule has 1 aromatic heterocycles. The molecule has 1 heterocycles. The first-order chi connectivity index (χ1) is 10.9. The van der Waals surface area contributed by atoms with E-state index in [1.54, 1.807) is 13.2 Å². The summed E-state index contributed by atoms with van der Waals surface area (Å²) in [6, 6.07) is 1.83. The molecule has 0 atom stereocenters. The Morgan fingerprint density at radius 1 is 1.39 bits per heavy atom. The highest BCUT2D eigenvalue weighted by molar-refractivity contribution is 8.02. The molecule has 1 rings (SSSR count). The summed E-state index contributed by atoms with van der Waals surface area (Å²) in [5.41, 5.74) is 1.09. The Bertz CT molecular complexity index is 686. The summed E-state index contributed by atoms with van der Waals surface area (Å²) < 4.78 is 9.69. The van der Waals surface area contributed by atoms with E-state index in [4.69, 9.17) is 4.74 Å². The Kier molecular flexibility index (Phi) is 7.13. The standard InChI is InChI=1S/C15H18N2O4S2/c1-6-21-15(19)11-8(2)9(3)23-13(11)17-12(22-5)10(7-16)14(18)20-4/h17H,6H2,1-5H3/b12-10-. The zero-order chi connectivity index (χ0) is 17.6. The fourth-order valence-electron chi connectivity index (χ4n) is 1.77. The number of thioether (sulfide) groups is 1. The molecule has 0 amide bonds. The number of rotatable bonds is 6. The van der Waals surface area contributed by atoms with Gasteiger partial charge < -0.3 is 14.8 Å². The molecule has 1 aromatic rings. The number of nitrogens with one attached hydrogen (secondary N) is 1. The maximum absolute atomic E-state index is 12.2. The fraction of sp³-hybridized carbons (Fsp3) is 0.400. The van der Waals surface area contributed by atoms with Crippen LogP contribution in [-0.2, 0) is 14.3 Å². The number of nitriles is 1. The van der Waals surface area contributed by atoms with Gasteiger partial charge in [0.1, 0.15) is 11.1 Å². The molecule has 8 heteroatoms. The van der Waals surface area contributed by atoms with Gasteiger partial charge in [-0.15, -0.1) is 23.1 Å². The lowest BCUT2D eigenvalue weighted by Gasteiger charge is -2.11. The van der Waals surface area contributed by atoms with Gasteiger partial charge in [-0.2, -0.15) is 5.26 Å². The monoisotopic (exact) mass is 354 g/mol. The summed E-state index contributed by atoms with van der Waals surface area (Å²) in [5.74, 6) is -1.17. The van der Waals surface area contributed by atoms with Crippen molar-refractivity contribution >= 4 is 40.0 Å². The SMILES string of the molecule is CCOC(=O)c1c(N/C(SC)=C(\C#N)C(=O)OC)sc(C)c1C. The van der Waals surface area contributed by atoms with E-state index in [1.165, 1.54) is 30.2 Å². The van der Waals surface area contributed by atoms with Crippen molar-refractivity contribution in [1.29, 1.82) is 5.26 Å². The lowest BCUT2D eigenvalue weighted by molar-refractivity contribution is -0.135. The van der Waals surface area contributed by atoms with Gasteiger partial charge in [0.15, 0.2) is 5.57 Å².